The Kier molecular flexibility index (Phi) is 6.49. The highest BCUT2D eigenvalue weighted by Gasteiger charge is 2.05. The number of aliphatic hydroxyl groups is 1. The van der Waals surface area contributed by atoms with Crippen molar-refractivity contribution in [1.82, 2.24) is 0 Å². The van der Waals surface area contributed by atoms with E-state index in [0.29, 0.717) is 42.5 Å². The van der Waals surface area contributed by atoms with E-state index in [2.05, 4.69) is 5.32 Å². The van der Waals surface area contributed by atoms with Gasteiger partial charge in [0.15, 0.2) is 0 Å². The van der Waals surface area contributed by atoms with Gasteiger partial charge < -0.3 is 20.9 Å². The average molecular weight is 273 g/mol. The fourth-order valence-corrected chi connectivity index (χ4v) is 1.52. The number of rotatable bonds is 7. The summed E-state index contributed by atoms with van der Waals surface area (Å²) in [5.74, 6) is -0.142. The molecule has 0 bridgehead atoms. The molecule has 0 aliphatic carbocycles. The Morgan fingerprint density at radius 3 is 2.94 bits per heavy atom. The number of carbonyl (C=O) groups excluding carboxylic acids is 1. The molecule has 0 aliphatic rings. The number of ether oxygens (including phenoxy) is 1. The van der Waals surface area contributed by atoms with Crippen molar-refractivity contribution in [2.24, 2.45) is 0 Å². The van der Waals surface area contributed by atoms with E-state index in [1.165, 1.54) is 0 Å². The van der Waals surface area contributed by atoms with Crippen molar-refractivity contribution in [3.8, 4) is 0 Å². The molecule has 0 saturated heterocycles. The molecule has 0 spiro atoms. The molecule has 0 heterocycles. The number of nitrogen functional groups attached to an aromatic ring is 1. The standard InChI is InChI=1S/C12H17ClN2O3/c13-9-3-4-10(14)11(8-9)15-12(17)2-1-6-18-7-5-16/h3-4,8,16H,1-2,5-7,14H2,(H,15,17). The molecule has 0 radical (unpaired) electrons. The minimum Gasteiger partial charge on any atom is -0.397 e. The highest BCUT2D eigenvalue weighted by atomic mass is 35.5. The molecule has 0 unspecified atom stereocenters. The van der Waals surface area contributed by atoms with Gasteiger partial charge in [0.1, 0.15) is 0 Å². The molecule has 0 aromatic heterocycles. The van der Waals surface area contributed by atoms with Crippen LogP contribution in [-0.4, -0.2) is 30.8 Å². The van der Waals surface area contributed by atoms with Crippen LogP contribution in [0.3, 0.4) is 0 Å². The van der Waals surface area contributed by atoms with Gasteiger partial charge in [-0.15, -0.1) is 0 Å². The Balaban J connectivity index is 2.33. The number of anilines is 2. The minimum absolute atomic E-state index is 0.00869. The van der Waals surface area contributed by atoms with E-state index in [1.54, 1.807) is 18.2 Å². The summed E-state index contributed by atoms with van der Waals surface area (Å²) in [6.45, 7) is 0.729. The summed E-state index contributed by atoms with van der Waals surface area (Å²) >= 11 is 5.81. The summed E-state index contributed by atoms with van der Waals surface area (Å²) < 4.78 is 5.05. The van der Waals surface area contributed by atoms with Crippen molar-refractivity contribution in [2.75, 3.05) is 30.9 Å². The van der Waals surface area contributed by atoms with Gasteiger partial charge in [0.05, 0.1) is 24.6 Å². The first kappa shape index (κ1) is 14.8. The molecule has 18 heavy (non-hydrogen) atoms. The van der Waals surface area contributed by atoms with E-state index in [9.17, 15) is 4.79 Å². The van der Waals surface area contributed by atoms with E-state index in [4.69, 9.17) is 27.2 Å². The Bertz CT molecular complexity index is 399. The molecular weight excluding hydrogens is 256 g/mol. The number of carbonyl (C=O) groups is 1. The second-order valence-corrected chi connectivity index (χ2v) is 4.16. The third-order valence-corrected chi connectivity index (χ3v) is 2.45. The number of aliphatic hydroxyl groups excluding tert-OH is 1. The van der Waals surface area contributed by atoms with Crippen LogP contribution in [0, 0.1) is 0 Å². The largest absolute Gasteiger partial charge is 0.397 e. The van der Waals surface area contributed by atoms with Crippen molar-refractivity contribution in [2.45, 2.75) is 12.8 Å². The van der Waals surface area contributed by atoms with E-state index in [1.807, 2.05) is 0 Å². The van der Waals surface area contributed by atoms with Gasteiger partial charge in [-0.25, -0.2) is 0 Å². The number of hydrogen-bond acceptors (Lipinski definition) is 4. The number of nitrogens with two attached hydrogens (primary N) is 1. The molecule has 1 rings (SSSR count). The highest BCUT2D eigenvalue weighted by Crippen LogP contribution is 2.22. The van der Waals surface area contributed by atoms with E-state index in [-0.39, 0.29) is 12.5 Å². The van der Waals surface area contributed by atoms with Crippen LogP contribution in [-0.2, 0) is 9.53 Å². The number of halogens is 1. The Labute approximate surface area is 111 Å². The lowest BCUT2D eigenvalue weighted by Crippen LogP contribution is -2.13. The van der Waals surface area contributed by atoms with Crippen molar-refractivity contribution in [1.29, 1.82) is 0 Å². The summed E-state index contributed by atoms with van der Waals surface area (Å²) in [6.07, 6.45) is 0.920. The fourth-order valence-electron chi connectivity index (χ4n) is 1.35. The van der Waals surface area contributed by atoms with Gasteiger partial charge in [-0.3, -0.25) is 4.79 Å². The Morgan fingerprint density at radius 2 is 2.22 bits per heavy atom. The normalized spacial score (nSPS) is 10.3. The van der Waals surface area contributed by atoms with Crippen molar-refractivity contribution in [3.05, 3.63) is 23.2 Å². The van der Waals surface area contributed by atoms with E-state index in [0.717, 1.165) is 0 Å². The molecule has 5 nitrogen and oxygen atoms in total. The number of nitrogens with one attached hydrogen (secondary N) is 1. The maximum absolute atomic E-state index is 11.6. The summed E-state index contributed by atoms with van der Waals surface area (Å²) in [5, 5.41) is 11.7. The van der Waals surface area contributed by atoms with Crippen LogP contribution in [0.1, 0.15) is 12.8 Å². The lowest BCUT2D eigenvalue weighted by atomic mass is 10.2. The molecule has 1 aromatic carbocycles. The van der Waals surface area contributed by atoms with Crippen LogP contribution in [0.25, 0.3) is 0 Å². The fraction of sp³-hybridized carbons (Fsp3) is 0.417. The van der Waals surface area contributed by atoms with Crippen molar-refractivity contribution in [3.63, 3.8) is 0 Å². The lowest BCUT2D eigenvalue weighted by molar-refractivity contribution is -0.116. The zero-order valence-electron chi connectivity index (χ0n) is 9.99. The van der Waals surface area contributed by atoms with Crippen LogP contribution in [0.2, 0.25) is 5.02 Å². The minimum atomic E-state index is -0.142. The third-order valence-electron chi connectivity index (χ3n) is 2.22. The van der Waals surface area contributed by atoms with Gasteiger partial charge in [0.2, 0.25) is 5.91 Å². The van der Waals surface area contributed by atoms with Gasteiger partial charge in [0.25, 0.3) is 0 Å². The van der Waals surface area contributed by atoms with Gasteiger partial charge in [-0.05, 0) is 24.6 Å². The number of benzene rings is 1. The number of amides is 1. The monoisotopic (exact) mass is 272 g/mol. The predicted molar refractivity (Wildman–Crippen MR) is 71.6 cm³/mol. The average Bonchev–Trinajstić information content (AvgIpc) is 2.33. The third kappa shape index (κ3) is 5.35. The zero-order chi connectivity index (χ0) is 13.4. The molecule has 4 N–H and O–H groups in total. The Morgan fingerprint density at radius 1 is 1.44 bits per heavy atom. The van der Waals surface area contributed by atoms with Gasteiger partial charge in [0, 0.05) is 18.1 Å². The molecule has 0 atom stereocenters. The van der Waals surface area contributed by atoms with Crippen LogP contribution in [0.15, 0.2) is 18.2 Å². The molecule has 0 saturated carbocycles. The summed E-state index contributed by atoms with van der Waals surface area (Å²) in [6, 6.07) is 4.91. The van der Waals surface area contributed by atoms with Crippen molar-refractivity contribution >= 4 is 28.9 Å². The van der Waals surface area contributed by atoms with E-state index < -0.39 is 0 Å². The van der Waals surface area contributed by atoms with Gasteiger partial charge in [-0.1, -0.05) is 11.6 Å². The first-order valence-corrected chi connectivity index (χ1v) is 6.04. The van der Waals surface area contributed by atoms with Crippen molar-refractivity contribution < 1.29 is 14.6 Å². The maximum Gasteiger partial charge on any atom is 0.224 e. The lowest BCUT2D eigenvalue weighted by Gasteiger charge is -2.08. The second-order valence-electron chi connectivity index (χ2n) is 3.72. The quantitative estimate of drug-likeness (QED) is 0.520. The molecule has 1 amide bonds. The van der Waals surface area contributed by atoms with Gasteiger partial charge >= 0.3 is 0 Å². The first-order chi connectivity index (χ1) is 8.63. The summed E-state index contributed by atoms with van der Waals surface area (Å²) in [4.78, 5) is 11.6. The summed E-state index contributed by atoms with van der Waals surface area (Å²) in [5.41, 5.74) is 6.70. The molecule has 0 fully saturated rings. The SMILES string of the molecule is Nc1ccc(Cl)cc1NC(=O)CCCOCCO. The van der Waals surface area contributed by atoms with Crippen LogP contribution in [0.5, 0.6) is 0 Å². The van der Waals surface area contributed by atoms with Gasteiger partial charge in [-0.2, -0.15) is 0 Å². The van der Waals surface area contributed by atoms with E-state index >= 15 is 0 Å². The van der Waals surface area contributed by atoms with Crippen LogP contribution < -0.4 is 11.1 Å². The molecule has 1 aromatic rings. The topological polar surface area (TPSA) is 84.6 Å². The molecule has 0 aliphatic heterocycles. The van der Waals surface area contributed by atoms with Crippen LogP contribution >= 0.6 is 11.6 Å². The second kappa shape index (κ2) is 7.92. The zero-order valence-corrected chi connectivity index (χ0v) is 10.7. The first-order valence-electron chi connectivity index (χ1n) is 5.67. The highest BCUT2D eigenvalue weighted by molar-refractivity contribution is 6.31. The maximum atomic E-state index is 11.6. The van der Waals surface area contributed by atoms with Crippen LogP contribution in [0.4, 0.5) is 11.4 Å². The molecular formula is C12H17ClN2O3. The Hall–Kier alpha value is -1.30. The predicted octanol–water partition coefficient (Wildman–Crippen LogP) is 1.65. The summed E-state index contributed by atoms with van der Waals surface area (Å²) in [7, 11) is 0. The molecule has 100 valence electrons. The smallest absolute Gasteiger partial charge is 0.224 e. The molecule has 6 heteroatoms. The number of hydrogen-bond donors (Lipinski definition) is 3.